The second-order valence-corrected chi connectivity index (χ2v) is 5.44. The molecule has 2 aromatic rings. The Bertz CT molecular complexity index is 630. The zero-order valence-electron chi connectivity index (χ0n) is 13.2. The highest BCUT2D eigenvalue weighted by atomic mass is 16.2. The number of rotatable bonds is 6. The van der Waals surface area contributed by atoms with Crippen molar-refractivity contribution in [1.82, 2.24) is 5.43 Å². The summed E-state index contributed by atoms with van der Waals surface area (Å²) in [5.41, 5.74) is 6.94. The average molecular weight is 294 g/mol. The number of aryl methyl sites for hydroxylation is 2. The van der Waals surface area contributed by atoms with Crippen molar-refractivity contribution in [2.45, 2.75) is 33.1 Å². The second kappa shape index (κ2) is 8.13. The van der Waals surface area contributed by atoms with Crippen molar-refractivity contribution in [3.8, 4) is 0 Å². The van der Waals surface area contributed by atoms with Crippen molar-refractivity contribution in [3.05, 3.63) is 71.3 Å². The Morgan fingerprint density at radius 1 is 1.05 bits per heavy atom. The number of hydrogen-bond acceptors (Lipinski definition) is 2. The maximum atomic E-state index is 11.8. The molecule has 0 atom stereocenters. The normalized spacial score (nSPS) is 11.3. The minimum atomic E-state index is -0.0395. The molecular weight excluding hydrogens is 272 g/mol. The Balaban J connectivity index is 1.77. The maximum absolute atomic E-state index is 11.8. The van der Waals surface area contributed by atoms with Crippen molar-refractivity contribution >= 4 is 11.6 Å². The number of carbonyl (C=O) groups excluding carboxylic acids is 1. The molecule has 2 aromatic carbocycles. The largest absolute Gasteiger partial charge is 0.273 e. The zero-order valence-corrected chi connectivity index (χ0v) is 13.2. The van der Waals surface area contributed by atoms with Crippen LogP contribution < -0.4 is 5.43 Å². The van der Waals surface area contributed by atoms with E-state index >= 15 is 0 Å². The molecule has 1 amide bonds. The van der Waals surface area contributed by atoms with Crippen LogP contribution in [0.3, 0.4) is 0 Å². The van der Waals surface area contributed by atoms with E-state index in [1.165, 1.54) is 11.1 Å². The summed E-state index contributed by atoms with van der Waals surface area (Å²) in [6, 6.07) is 18.3. The topological polar surface area (TPSA) is 41.5 Å². The van der Waals surface area contributed by atoms with E-state index in [1.807, 2.05) is 56.3 Å². The average Bonchev–Trinajstić information content (AvgIpc) is 2.54. The zero-order chi connectivity index (χ0) is 15.8. The maximum Gasteiger partial charge on any atom is 0.240 e. The van der Waals surface area contributed by atoms with E-state index < -0.39 is 0 Å². The molecule has 0 unspecified atom stereocenters. The van der Waals surface area contributed by atoms with E-state index in [0.717, 1.165) is 24.1 Å². The Morgan fingerprint density at radius 3 is 2.41 bits per heavy atom. The molecular formula is C19H22N2O. The summed E-state index contributed by atoms with van der Waals surface area (Å²) < 4.78 is 0. The lowest BCUT2D eigenvalue weighted by Crippen LogP contribution is -2.19. The summed E-state index contributed by atoms with van der Waals surface area (Å²) >= 11 is 0. The summed E-state index contributed by atoms with van der Waals surface area (Å²) in [6.45, 7) is 3.94. The monoisotopic (exact) mass is 294 g/mol. The van der Waals surface area contributed by atoms with E-state index in [-0.39, 0.29) is 5.91 Å². The van der Waals surface area contributed by atoms with Crippen LogP contribution in [0.15, 0.2) is 59.7 Å². The Kier molecular flexibility index (Phi) is 5.90. The van der Waals surface area contributed by atoms with Crippen LogP contribution in [0.4, 0.5) is 0 Å². The van der Waals surface area contributed by atoms with Crippen molar-refractivity contribution < 1.29 is 4.79 Å². The third-order valence-corrected chi connectivity index (χ3v) is 3.53. The highest BCUT2D eigenvalue weighted by molar-refractivity contribution is 5.99. The first-order chi connectivity index (χ1) is 10.6. The van der Waals surface area contributed by atoms with E-state index in [4.69, 9.17) is 0 Å². The Labute approximate surface area is 132 Å². The molecule has 0 bridgehead atoms. The number of carbonyl (C=O) groups is 1. The molecule has 3 heteroatoms. The van der Waals surface area contributed by atoms with Gasteiger partial charge in [0.1, 0.15) is 0 Å². The van der Waals surface area contributed by atoms with Gasteiger partial charge in [-0.25, -0.2) is 5.43 Å². The first-order valence-corrected chi connectivity index (χ1v) is 7.59. The molecule has 0 saturated heterocycles. The van der Waals surface area contributed by atoms with E-state index in [0.29, 0.717) is 6.42 Å². The molecule has 2 rings (SSSR count). The van der Waals surface area contributed by atoms with Gasteiger partial charge >= 0.3 is 0 Å². The fourth-order valence-corrected chi connectivity index (χ4v) is 2.16. The molecule has 0 saturated carbocycles. The molecule has 0 spiro atoms. The predicted octanol–water partition coefficient (Wildman–Crippen LogP) is 3.86. The van der Waals surface area contributed by atoms with Gasteiger partial charge in [0.25, 0.3) is 0 Å². The van der Waals surface area contributed by atoms with E-state index in [9.17, 15) is 4.79 Å². The van der Waals surface area contributed by atoms with Crippen LogP contribution in [0, 0.1) is 6.92 Å². The number of amides is 1. The quantitative estimate of drug-likeness (QED) is 0.638. The van der Waals surface area contributed by atoms with Gasteiger partial charge in [0.05, 0.1) is 5.71 Å². The number of nitrogens with zero attached hydrogens (tertiary/aromatic N) is 1. The smallest absolute Gasteiger partial charge is 0.240 e. The van der Waals surface area contributed by atoms with Crippen LogP contribution in [0.1, 0.15) is 36.5 Å². The highest BCUT2D eigenvalue weighted by Crippen LogP contribution is 2.05. The molecule has 1 N–H and O–H groups in total. The SMILES string of the molecule is CC(=NNC(=O)CCCc1ccccc1)c1ccc(C)cc1. The lowest BCUT2D eigenvalue weighted by atomic mass is 10.1. The van der Waals surface area contributed by atoms with Crippen LogP contribution >= 0.6 is 0 Å². The van der Waals surface area contributed by atoms with Gasteiger partial charge in [0.2, 0.25) is 5.91 Å². The lowest BCUT2D eigenvalue weighted by molar-refractivity contribution is -0.121. The summed E-state index contributed by atoms with van der Waals surface area (Å²) in [7, 11) is 0. The van der Waals surface area contributed by atoms with Crippen LogP contribution in [-0.2, 0) is 11.2 Å². The molecule has 0 aliphatic carbocycles. The first kappa shape index (κ1) is 16.0. The van der Waals surface area contributed by atoms with Crippen LogP contribution in [0.5, 0.6) is 0 Å². The predicted molar refractivity (Wildman–Crippen MR) is 90.9 cm³/mol. The van der Waals surface area contributed by atoms with Gasteiger partial charge in [-0.05, 0) is 37.8 Å². The van der Waals surface area contributed by atoms with Crippen LogP contribution in [-0.4, -0.2) is 11.6 Å². The molecule has 0 heterocycles. The minimum absolute atomic E-state index is 0.0395. The van der Waals surface area contributed by atoms with Crippen molar-refractivity contribution in [1.29, 1.82) is 0 Å². The molecule has 114 valence electrons. The third kappa shape index (κ3) is 5.17. The van der Waals surface area contributed by atoms with Crippen molar-refractivity contribution in [3.63, 3.8) is 0 Å². The third-order valence-electron chi connectivity index (χ3n) is 3.53. The Hall–Kier alpha value is -2.42. The minimum Gasteiger partial charge on any atom is -0.273 e. The van der Waals surface area contributed by atoms with Gasteiger partial charge in [-0.3, -0.25) is 4.79 Å². The van der Waals surface area contributed by atoms with Gasteiger partial charge in [0.15, 0.2) is 0 Å². The molecule has 0 radical (unpaired) electrons. The van der Waals surface area contributed by atoms with Crippen LogP contribution in [0.2, 0.25) is 0 Å². The number of hydrazone groups is 1. The fourth-order valence-electron chi connectivity index (χ4n) is 2.16. The standard InChI is InChI=1S/C19H22N2O/c1-15-11-13-18(14-12-15)16(2)20-21-19(22)10-6-9-17-7-4-3-5-8-17/h3-5,7-8,11-14H,6,9-10H2,1-2H3,(H,21,22). The molecule has 22 heavy (non-hydrogen) atoms. The van der Waals surface area contributed by atoms with E-state index in [1.54, 1.807) is 0 Å². The molecule has 3 nitrogen and oxygen atoms in total. The van der Waals surface area contributed by atoms with Crippen LogP contribution in [0.25, 0.3) is 0 Å². The summed E-state index contributed by atoms with van der Waals surface area (Å²) in [5.74, 6) is -0.0395. The Morgan fingerprint density at radius 2 is 1.73 bits per heavy atom. The fraction of sp³-hybridized carbons (Fsp3) is 0.263. The van der Waals surface area contributed by atoms with Gasteiger partial charge in [-0.1, -0.05) is 60.2 Å². The highest BCUT2D eigenvalue weighted by Gasteiger charge is 2.02. The molecule has 0 aliphatic heterocycles. The second-order valence-electron chi connectivity index (χ2n) is 5.44. The summed E-state index contributed by atoms with van der Waals surface area (Å²) in [5, 5.41) is 4.17. The van der Waals surface area contributed by atoms with Gasteiger partial charge in [0, 0.05) is 6.42 Å². The molecule has 0 fully saturated rings. The molecule has 0 aliphatic rings. The van der Waals surface area contributed by atoms with Gasteiger partial charge in [-0.15, -0.1) is 0 Å². The molecule has 0 aromatic heterocycles. The van der Waals surface area contributed by atoms with Crippen molar-refractivity contribution in [2.24, 2.45) is 5.10 Å². The first-order valence-electron chi connectivity index (χ1n) is 7.59. The van der Waals surface area contributed by atoms with Crippen molar-refractivity contribution in [2.75, 3.05) is 0 Å². The number of nitrogens with one attached hydrogen (secondary N) is 1. The summed E-state index contributed by atoms with van der Waals surface area (Å²) in [4.78, 5) is 11.8. The lowest BCUT2D eigenvalue weighted by Gasteiger charge is -2.04. The number of benzene rings is 2. The van der Waals surface area contributed by atoms with Gasteiger partial charge in [-0.2, -0.15) is 5.10 Å². The van der Waals surface area contributed by atoms with E-state index in [2.05, 4.69) is 22.7 Å². The van der Waals surface area contributed by atoms with Gasteiger partial charge < -0.3 is 0 Å². The summed E-state index contributed by atoms with van der Waals surface area (Å²) in [6.07, 6.45) is 2.23. The number of hydrogen-bond donors (Lipinski definition) is 1.